The van der Waals surface area contributed by atoms with E-state index in [-0.39, 0.29) is 0 Å². The van der Waals surface area contributed by atoms with Crippen molar-refractivity contribution in [1.29, 1.82) is 0 Å². The highest BCUT2D eigenvalue weighted by Gasteiger charge is 2.11. The number of anilines is 2. The molecule has 20 heavy (non-hydrogen) atoms. The van der Waals surface area contributed by atoms with Crippen LogP contribution in [0.2, 0.25) is 0 Å². The van der Waals surface area contributed by atoms with Crippen LogP contribution in [0, 0.1) is 13.8 Å². The van der Waals surface area contributed by atoms with Gasteiger partial charge in [0.2, 0.25) is 0 Å². The van der Waals surface area contributed by atoms with Gasteiger partial charge in [-0.1, -0.05) is 33.6 Å². The van der Waals surface area contributed by atoms with E-state index in [1.54, 1.807) is 0 Å². The fourth-order valence-electron chi connectivity index (χ4n) is 2.52. The van der Waals surface area contributed by atoms with Crippen LogP contribution in [0.25, 0.3) is 0 Å². The first kappa shape index (κ1) is 15.1. The van der Waals surface area contributed by atoms with Gasteiger partial charge < -0.3 is 10.2 Å². The molecule has 0 radical (unpaired) electrons. The lowest BCUT2D eigenvalue weighted by Crippen LogP contribution is -2.15. The standard InChI is InChI=1S/C17H21BrN2/c1-12-5-7-16(13(2)9-12)20(4)17-8-6-15(18)10-14(17)11-19-3/h5-10,19H,11H2,1-4H3. The molecule has 0 saturated carbocycles. The number of nitrogens with one attached hydrogen (secondary N) is 1. The maximum Gasteiger partial charge on any atom is 0.0454 e. The van der Waals surface area contributed by atoms with Crippen LogP contribution < -0.4 is 10.2 Å². The molecule has 0 spiro atoms. The number of hydrogen-bond donors (Lipinski definition) is 1. The Morgan fingerprint density at radius 3 is 2.40 bits per heavy atom. The van der Waals surface area contributed by atoms with E-state index in [0.717, 1.165) is 11.0 Å². The van der Waals surface area contributed by atoms with Crippen LogP contribution >= 0.6 is 15.9 Å². The number of aryl methyl sites for hydroxylation is 2. The van der Waals surface area contributed by atoms with Gasteiger partial charge >= 0.3 is 0 Å². The van der Waals surface area contributed by atoms with Crippen LogP contribution in [0.15, 0.2) is 40.9 Å². The highest BCUT2D eigenvalue weighted by Crippen LogP contribution is 2.31. The van der Waals surface area contributed by atoms with Crippen LogP contribution in [0.5, 0.6) is 0 Å². The van der Waals surface area contributed by atoms with Gasteiger partial charge in [-0.05, 0) is 56.3 Å². The summed E-state index contributed by atoms with van der Waals surface area (Å²) in [5.74, 6) is 0. The Hall–Kier alpha value is -1.32. The van der Waals surface area contributed by atoms with Crippen LogP contribution in [-0.2, 0) is 6.54 Å². The van der Waals surface area contributed by atoms with Crippen molar-refractivity contribution < 1.29 is 0 Å². The molecule has 0 aromatic heterocycles. The second-order valence-electron chi connectivity index (χ2n) is 5.15. The highest BCUT2D eigenvalue weighted by molar-refractivity contribution is 9.10. The number of benzene rings is 2. The molecule has 2 aromatic rings. The fraction of sp³-hybridized carbons (Fsp3) is 0.294. The fourth-order valence-corrected chi connectivity index (χ4v) is 2.93. The molecule has 2 aromatic carbocycles. The minimum atomic E-state index is 0.851. The first-order valence-electron chi connectivity index (χ1n) is 6.77. The molecule has 0 saturated heterocycles. The molecule has 0 fully saturated rings. The van der Waals surface area contributed by atoms with Gasteiger partial charge in [0, 0.05) is 29.4 Å². The van der Waals surface area contributed by atoms with Gasteiger partial charge in [-0.15, -0.1) is 0 Å². The van der Waals surface area contributed by atoms with Crippen molar-refractivity contribution in [3.63, 3.8) is 0 Å². The first-order valence-corrected chi connectivity index (χ1v) is 7.56. The third-order valence-corrected chi connectivity index (χ3v) is 3.98. The van der Waals surface area contributed by atoms with Crippen molar-refractivity contribution in [2.24, 2.45) is 0 Å². The number of halogens is 1. The van der Waals surface area contributed by atoms with E-state index in [2.05, 4.69) is 83.4 Å². The topological polar surface area (TPSA) is 15.3 Å². The van der Waals surface area contributed by atoms with E-state index in [1.807, 2.05) is 7.05 Å². The maximum atomic E-state index is 3.55. The Morgan fingerprint density at radius 2 is 1.75 bits per heavy atom. The molecule has 0 heterocycles. The summed E-state index contributed by atoms with van der Waals surface area (Å²) < 4.78 is 1.11. The zero-order chi connectivity index (χ0) is 14.7. The van der Waals surface area contributed by atoms with Gasteiger partial charge in [-0.3, -0.25) is 0 Å². The summed E-state index contributed by atoms with van der Waals surface area (Å²) in [5.41, 5.74) is 6.35. The SMILES string of the molecule is CNCc1cc(Br)ccc1N(C)c1ccc(C)cc1C. The molecular weight excluding hydrogens is 312 g/mol. The van der Waals surface area contributed by atoms with Crippen molar-refractivity contribution in [2.45, 2.75) is 20.4 Å². The molecule has 0 atom stereocenters. The molecule has 0 unspecified atom stereocenters. The van der Waals surface area contributed by atoms with Crippen LogP contribution in [-0.4, -0.2) is 14.1 Å². The monoisotopic (exact) mass is 332 g/mol. The summed E-state index contributed by atoms with van der Waals surface area (Å²) in [5, 5.41) is 3.23. The van der Waals surface area contributed by atoms with Gasteiger partial charge in [0.25, 0.3) is 0 Å². The van der Waals surface area contributed by atoms with Crippen molar-refractivity contribution in [1.82, 2.24) is 5.32 Å². The number of nitrogens with zero attached hydrogens (tertiary/aromatic N) is 1. The van der Waals surface area contributed by atoms with Crippen molar-refractivity contribution >= 4 is 27.3 Å². The van der Waals surface area contributed by atoms with Crippen molar-refractivity contribution in [2.75, 3.05) is 19.0 Å². The van der Waals surface area contributed by atoms with Gasteiger partial charge in [0.1, 0.15) is 0 Å². The second kappa shape index (κ2) is 6.42. The summed E-state index contributed by atoms with van der Waals surface area (Å²) in [6, 6.07) is 13.0. The summed E-state index contributed by atoms with van der Waals surface area (Å²) in [7, 11) is 4.10. The molecule has 2 rings (SSSR count). The Labute approximate surface area is 129 Å². The zero-order valence-electron chi connectivity index (χ0n) is 12.5. The van der Waals surface area contributed by atoms with Crippen LogP contribution in [0.3, 0.4) is 0 Å². The molecule has 0 amide bonds. The van der Waals surface area contributed by atoms with Crippen LogP contribution in [0.4, 0.5) is 11.4 Å². The molecule has 0 aliphatic rings. The zero-order valence-corrected chi connectivity index (χ0v) is 14.1. The number of hydrogen-bond acceptors (Lipinski definition) is 2. The summed E-state index contributed by atoms with van der Waals surface area (Å²) in [6.07, 6.45) is 0. The Morgan fingerprint density at radius 1 is 1.05 bits per heavy atom. The third-order valence-electron chi connectivity index (χ3n) is 3.48. The van der Waals surface area contributed by atoms with Crippen LogP contribution in [0.1, 0.15) is 16.7 Å². The van der Waals surface area contributed by atoms with Gasteiger partial charge in [0.15, 0.2) is 0 Å². The van der Waals surface area contributed by atoms with E-state index >= 15 is 0 Å². The molecule has 106 valence electrons. The van der Waals surface area contributed by atoms with E-state index in [9.17, 15) is 0 Å². The minimum absolute atomic E-state index is 0.851. The molecule has 2 nitrogen and oxygen atoms in total. The summed E-state index contributed by atoms with van der Waals surface area (Å²) >= 11 is 3.55. The lowest BCUT2D eigenvalue weighted by atomic mass is 10.1. The summed E-state index contributed by atoms with van der Waals surface area (Å²) in [6.45, 7) is 5.14. The minimum Gasteiger partial charge on any atom is -0.344 e. The van der Waals surface area contributed by atoms with E-state index < -0.39 is 0 Å². The van der Waals surface area contributed by atoms with Crippen molar-refractivity contribution in [3.8, 4) is 0 Å². The maximum absolute atomic E-state index is 3.55. The predicted molar refractivity (Wildman–Crippen MR) is 90.9 cm³/mol. The van der Waals surface area contributed by atoms with Crippen molar-refractivity contribution in [3.05, 3.63) is 57.6 Å². The smallest absolute Gasteiger partial charge is 0.0454 e. The van der Waals surface area contributed by atoms with Gasteiger partial charge in [-0.2, -0.15) is 0 Å². The highest BCUT2D eigenvalue weighted by atomic mass is 79.9. The lowest BCUT2D eigenvalue weighted by Gasteiger charge is -2.25. The molecule has 0 bridgehead atoms. The Bertz CT molecular complexity index is 608. The molecule has 0 aliphatic carbocycles. The predicted octanol–water partition coefficient (Wildman–Crippen LogP) is 4.55. The molecule has 0 aliphatic heterocycles. The quantitative estimate of drug-likeness (QED) is 0.883. The Balaban J connectivity index is 2.44. The van der Waals surface area contributed by atoms with E-state index in [0.29, 0.717) is 0 Å². The molecule has 3 heteroatoms. The molecule has 1 N–H and O–H groups in total. The number of rotatable bonds is 4. The normalized spacial score (nSPS) is 10.7. The molecular formula is C17H21BrN2. The third kappa shape index (κ3) is 3.22. The first-order chi connectivity index (χ1) is 9.52. The Kier molecular flexibility index (Phi) is 4.84. The largest absolute Gasteiger partial charge is 0.344 e. The van der Waals surface area contributed by atoms with E-state index in [4.69, 9.17) is 0 Å². The summed E-state index contributed by atoms with van der Waals surface area (Å²) in [4.78, 5) is 2.26. The van der Waals surface area contributed by atoms with Gasteiger partial charge in [0.05, 0.1) is 0 Å². The second-order valence-corrected chi connectivity index (χ2v) is 6.07. The average molecular weight is 333 g/mol. The average Bonchev–Trinajstić information content (AvgIpc) is 2.38. The lowest BCUT2D eigenvalue weighted by molar-refractivity contribution is 0.815. The van der Waals surface area contributed by atoms with Gasteiger partial charge in [-0.25, -0.2) is 0 Å². The van der Waals surface area contributed by atoms with E-state index in [1.165, 1.54) is 28.1 Å².